The normalized spacial score (nSPS) is 22.6. The molecule has 0 aromatic rings. The number of aliphatic hydroxyl groups is 2. The van der Waals surface area contributed by atoms with Crippen LogP contribution in [0.5, 0.6) is 0 Å². The summed E-state index contributed by atoms with van der Waals surface area (Å²) in [5.74, 6) is 0.478. The maximum absolute atomic E-state index is 9.77. The molecular formula is C20H36O6. The highest BCUT2D eigenvalue weighted by Crippen LogP contribution is 2.33. The van der Waals surface area contributed by atoms with Crippen LogP contribution in [0.4, 0.5) is 0 Å². The monoisotopic (exact) mass is 372 g/mol. The van der Waals surface area contributed by atoms with E-state index in [1.165, 1.54) is 25.4 Å². The number of aliphatic hydroxyl groups excluding tert-OH is 2. The number of hydrogen-bond donors (Lipinski definition) is 2. The van der Waals surface area contributed by atoms with Crippen LogP contribution in [0, 0.1) is 11.8 Å². The Labute approximate surface area is 157 Å². The lowest BCUT2D eigenvalue weighted by atomic mass is 9.79. The van der Waals surface area contributed by atoms with E-state index >= 15 is 0 Å². The molecule has 6 nitrogen and oxygen atoms in total. The van der Waals surface area contributed by atoms with Gasteiger partial charge in [-0.25, -0.2) is 0 Å². The van der Waals surface area contributed by atoms with Gasteiger partial charge in [0.1, 0.15) is 0 Å². The van der Waals surface area contributed by atoms with Crippen molar-refractivity contribution >= 4 is 0 Å². The van der Waals surface area contributed by atoms with E-state index in [1.54, 1.807) is 0 Å². The number of hydrogen-bond acceptors (Lipinski definition) is 6. The summed E-state index contributed by atoms with van der Waals surface area (Å²) in [5.41, 5.74) is 2.76. The number of rotatable bonds is 13. The summed E-state index contributed by atoms with van der Waals surface area (Å²) in [5, 5.41) is 19.5. The average molecular weight is 373 g/mol. The molecule has 0 bridgehead atoms. The van der Waals surface area contributed by atoms with Gasteiger partial charge in [-0.1, -0.05) is 23.3 Å². The molecule has 1 aliphatic carbocycles. The van der Waals surface area contributed by atoms with Crippen LogP contribution in [0.2, 0.25) is 0 Å². The van der Waals surface area contributed by atoms with Crippen molar-refractivity contribution < 1.29 is 29.2 Å². The lowest BCUT2D eigenvalue weighted by Gasteiger charge is -2.32. The van der Waals surface area contributed by atoms with Crippen LogP contribution in [0.1, 0.15) is 39.5 Å². The molecule has 1 rings (SSSR count). The first kappa shape index (κ1) is 23.3. The maximum Gasteiger partial charge on any atom is 0.178 e. The van der Waals surface area contributed by atoms with Crippen molar-refractivity contribution in [1.29, 1.82) is 0 Å². The summed E-state index contributed by atoms with van der Waals surface area (Å²) in [7, 11) is 3.06. The Bertz CT molecular complexity index is 430. The predicted octanol–water partition coefficient (Wildman–Crippen LogP) is 2.65. The number of ether oxygens (including phenoxy) is 4. The molecule has 4 atom stereocenters. The fraction of sp³-hybridized carbons (Fsp3) is 0.800. The van der Waals surface area contributed by atoms with Gasteiger partial charge in [0, 0.05) is 14.2 Å². The molecule has 0 saturated heterocycles. The third kappa shape index (κ3) is 9.80. The predicted molar refractivity (Wildman–Crippen MR) is 101 cm³/mol. The number of allylic oxidation sites excluding steroid dienone is 4. The standard InChI is InChI=1S/C20H36O6/c1-15(2)6-5-7-16-8-9-17(11-25-19(21)13-23-3)18(10-16)12-26-20(22)14-24-4/h6,8,17-22H,5,7,9-14H2,1-4H3. The van der Waals surface area contributed by atoms with E-state index in [-0.39, 0.29) is 25.0 Å². The second-order valence-corrected chi connectivity index (χ2v) is 7.13. The van der Waals surface area contributed by atoms with Gasteiger partial charge in [0.2, 0.25) is 0 Å². The first-order valence-electron chi connectivity index (χ1n) is 9.34. The SMILES string of the molecule is COCC(O)OCC1CC=C(CCC=C(C)C)CC1COC(O)COC. The molecule has 0 aliphatic heterocycles. The van der Waals surface area contributed by atoms with E-state index in [2.05, 4.69) is 26.0 Å². The van der Waals surface area contributed by atoms with Gasteiger partial charge < -0.3 is 29.2 Å². The third-order valence-electron chi connectivity index (χ3n) is 4.54. The van der Waals surface area contributed by atoms with E-state index in [9.17, 15) is 10.2 Å². The highest BCUT2D eigenvalue weighted by molar-refractivity contribution is 5.10. The molecule has 26 heavy (non-hydrogen) atoms. The summed E-state index contributed by atoms with van der Waals surface area (Å²) in [4.78, 5) is 0. The molecule has 0 radical (unpaired) electrons. The minimum absolute atomic E-state index is 0.156. The zero-order valence-electron chi connectivity index (χ0n) is 16.6. The number of methoxy groups -OCH3 is 2. The van der Waals surface area contributed by atoms with Crippen molar-refractivity contribution in [2.45, 2.75) is 52.1 Å². The Morgan fingerprint density at radius 1 is 1.08 bits per heavy atom. The van der Waals surface area contributed by atoms with Crippen molar-refractivity contribution in [3.8, 4) is 0 Å². The molecule has 0 amide bonds. The minimum atomic E-state index is -0.916. The first-order chi connectivity index (χ1) is 12.5. The van der Waals surface area contributed by atoms with E-state index in [0.29, 0.717) is 13.2 Å². The zero-order valence-corrected chi connectivity index (χ0v) is 16.6. The van der Waals surface area contributed by atoms with Crippen molar-refractivity contribution in [3.63, 3.8) is 0 Å². The Kier molecular flexibility index (Phi) is 12.0. The molecule has 0 saturated carbocycles. The van der Waals surface area contributed by atoms with E-state index in [0.717, 1.165) is 25.7 Å². The topological polar surface area (TPSA) is 77.4 Å². The van der Waals surface area contributed by atoms with Crippen molar-refractivity contribution in [2.24, 2.45) is 11.8 Å². The molecule has 0 aromatic heterocycles. The summed E-state index contributed by atoms with van der Waals surface area (Å²) < 4.78 is 20.9. The molecule has 1 aliphatic rings. The second kappa shape index (κ2) is 13.4. The van der Waals surface area contributed by atoms with Crippen LogP contribution in [-0.4, -0.2) is 63.4 Å². The van der Waals surface area contributed by atoms with E-state index in [1.807, 2.05) is 0 Å². The van der Waals surface area contributed by atoms with Gasteiger partial charge in [-0.05, 0) is 51.4 Å². The van der Waals surface area contributed by atoms with Gasteiger partial charge in [-0.3, -0.25) is 0 Å². The summed E-state index contributed by atoms with van der Waals surface area (Å²) in [6, 6.07) is 0. The highest BCUT2D eigenvalue weighted by atomic mass is 16.6. The summed E-state index contributed by atoms with van der Waals surface area (Å²) in [6.45, 7) is 5.42. The molecule has 4 unspecified atom stereocenters. The van der Waals surface area contributed by atoms with Gasteiger partial charge in [-0.15, -0.1) is 0 Å². The average Bonchev–Trinajstić information content (AvgIpc) is 2.59. The van der Waals surface area contributed by atoms with Gasteiger partial charge in [0.15, 0.2) is 12.6 Å². The molecular weight excluding hydrogens is 336 g/mol. The van der Waals surface area contributed by atoms with Crippen LogP contribution in [0.15, 0.2) is 23.3 Å². The Hall–Kier alpha value is -0.760. The van der Waals surface area contributed by atoms with Gasteiger partial charge in [-0.2, -0.15) is 0 Å². The Morgan fingerprint density at radius 3 is 2.19 bits per heavy atom. The maximum atomic E-state index is 9.77. The first-order valence-corrected chi connectivity index (χ1v) is 9.34. The van der Waals surface area contributed by atoms with Gasteiger partial charge in [0.05, 0.1) is 26.4 Å². The summed E-state index contributed by atoms with van der Waals surface area (Å²) >= 11 is 0. The lowest BCUT2D eigenvalue weighted by molar-refractivity contribution is -0.159. The molecule has 0 fully saturated rings. The molecule has 6 heteroatoms. The quantitative estimate of drug-likeness (QED) is 0.382. The third-order valence-corrected chi connectivity index (χ3v) is 4.54. The van der Waals surface area contributed by atoms with Crippen LogP contribution >= 0.6 is 0 Å². The van der Waals surface area contributed by atoms with Gasteiger partial charge in [0.25, 0.3) is 0 Å². The largest absolute Gasteiger partial charge is 0.379 e. The molecule has 0 heterocycles. The second-order valence-electron chi connectivity index (χ2n) is 7.13. The van der Waals surface area contributed by atoms with Crippen LogP contribution in [0.3, 0.4) is 0 Å². The van der Waals surface area contributed by atoms with Gasteiger partial charge >= 0.3 is 0 Å². The molecule has 0 aromatic carbocycles. The fourth-order valence-electron chi connectivity index (χ4n) is 3.10. The van der Waals surface area contributed by atoms with E-state index < -0.39 is 12.6 Å². The summed E-state index contributed by atoms with van der Waals surface area (Å²) in [6.07, 6.45) is 6.61. The Morgan fingerprint density at radius 2 is 1.65 bits per heavy atom. The van der Waals surface area contributed by atoms with Crippen molar-refractivity contribution in [3.05, 3.63) is 23.3 Å². The molecule has 2 N–H and O–H groups in total. The van der Waals surface area contributed by atoms with Crippen LogP contribution in [-0.2, 0) is 18.9 Å². The Balaban J connectivity index is 2.59. The van der Waals surface area contributed by atoms with Crippen molar-refractivity contribution in [2.75, 3.05) is 40.6 Å². The fourth-order valence-corrected chi connectivity index (χ4v) is 3.10. The molecule has 152 valence electrons. The smallest absolute Gasteiger partial charge is 0.178 e. The molecule has 0 spiro atoms. The highest BCUT2D eigenvalue weighted by Gasteiger charge is 2.27. The zero-order chi connectivity index (χ0) is 19.4. The van der Waals surface area contributed by atoms with Crippen LogP contribution < -0.4 is 0 Å². The van der Waals surface area contributed by atoms with Crippen molar-refractivity contribution in [1.82, 2.24) is 0 Å². The van der Waals surface area contributed by atoms with E-state index in [4.69, 9.17) is 18.9 Å². The van der Waals surface area contributed by atoms with Crippen LogP contribution in [0.25, 0.3) is 0 Å². The minimum Gasteiger partial charge on any atom is -0.379 e. The lowest BCUT2D eigenvalue weighted by Crippen LogP contribution is -2.32.